The van der Waals surface area contributed by atoms with Gasteiger partial charge < -0.3 is 10.6 Å². The molecule has 0 saturated carbocycles. The molecule has 6 heteroatoms. The first kappa shape index (κ1) is 12.6. The normalized spacial score (nSPS) is 12.4. The molecule has 0 aliphatic rings. The lowest BCUT2D eigenvalue weighted by Gasteiger charge is -2.19. The van der Waals surface area contributed by atoms with E-state index in [4.69, 9.17) is 5.73 Å². The summed E-state index contributed by atoms with van der Waals surface area (Å²) in [6.07, 6.45) is 4.18. The summed E-state index contributed by atoms with van der Waals surface area (Å²) in [5.41, 5.74) is 5.80. The molecular weight excluding hydrogens is 206 g/mol. The van der Waals surface area contributed by atoms with Crippen LogP contribution in [0, 0.1) is 0 Å². The molecule has 90 valence electrons. The van der Waals surface area contributed by atoms with E-state index in [2.05, 4.69) is 22.1 Å². The first-order chi connectivity index (χ1) is 7.65. The van der Waals surface area contributed by atoms with Crippen molar-refractivity contribution in [1.82, 2.24) is 20.1 Å². The topological polar surface area (TPSA) is 87.9 Å². The zero-order chi connectivity index (χ0) is 12.0. The van der Waals surface area contributed by atoms with Gasteiger partial charge in [-0.15, -0.1) is 0 Å². The Kier molecular flexibility index (Phi) is 4.91. The lowest BCUT2D eigenvalue weighted by atomic mass is 10.1. The van der Waals surface area contributed by atoms with Crippen molar-refractivity contribution < 1.29 is 4.79 Å². The van der Waals surface area contributed by atoms with Crippen molar-refractivity contribution in [3.05, 3.63) is 12.2 Å². The minimum absolute atomic E-state index is 0.0511. The minimum Gasteiger partial charge on any atom is -0.337 e. The summed E-state index contributed by atoms with van der Waals surface area (Å²) < 4.78 is 0. The van der Waals surface area contributed by atoms with Gasteiger partial charge >= 0.3 is 0 Å². The van der Waals surface area contributed by atoms with Gasteiger partial charge in [-0.2, -0.15) is 5.10 Å². The van der Waals surface area contributed by atoms with Crippen LogP contribution in [0.15, 0.2) is 6.33 Å². The number of aromatic amines is 1. The fourth-order valence-electron chi connectivity index (χ4n) is 1.44. The highest BCUT2D eigenvalue weighted by atomic mass is 16.2. The maximum atomic E-state index is 11.8. The number of aromatic nitrogens is 3. The molecule has 0 saturated heterocycles. The second-order valence-corrected chi connectivity index (χ2v) is 3.88. The van der Waals surface area contributed by atoms with Gasteiger partial charge in [-0.1, -0.05) is 19.8 Å². The van der Waals surface area contributed by atoms with Crippen LogP contribution >= 0.6 is 0 Å². The quantitative estimate of drug-likeness (QED) is 0.728. The molecule has 0 spiro atoms. The van der Waals surface area contributed by atoms with Gasteiger partial charge in [0.1, 0.15) is 12.2 Å². The molecule has 0 radical (unpaired) electrons. The highest BCUT2D eigenvalue weighted by molar-refractivity contribution is 5.81. The van der Waals surface area contributed by atoms with Gasteiger partial charge in [-0.25, -0.2) is 4.98 Å². The molecule has 1 rings (SSSR count). The molecule has 1 heterocycles. The number of likely N-dealkylation sites (N-methyl/N-ethyl adjacent to an activating group) is 1. The van der Waals surface area contributed by atoms with E-state index >= 15 is 0 Å². The van der Waals surface area contributed by atoms with Gasteiger partial charge in [0.15, 0.2) is 0 Å². The standard InChI is InChI=1S/C10H19N5O/c1-3-4-5-8(11)10(16)15(2)6-9-12-7-13-14-9/h7-8H,3-6,11H2,1-2H3,(H,12,13,14)/t8-/m0/s1. The molecule has 1 aromatic heterocycles. The zero-order valence-electron chi connectivity index (χ0n) is 9.81. The van der Waals surface area contributed by atoms with Crippen LogP contribution in [0.3, 0.4) is 0 Å². The van der Waals surface area contributed by atoms with E-state index in [0.29, 0.717) is 12.4 Å². The number of amides is 1. The lowest BCUT2D eigenvalue weighted by molar-refractivity contribution is -0.132. The van der Waals surface area contributed by atoms with Crippen LogP contribution in [0.25, 0.3) is 0 Å². The summed E-state index contributed by atoms with van der Waals surface area (Å²) in [4.78, 5) is 17.3. The van der Waals surface area contributed by atoms with Gasteiger partial charge in [-0.05, 0) is 6.42 Å². The predicted molar refractivity (Wildman–Crippen MR) is 60.4 cm³/mol. The van der Waals surface area contributed by atoms with Crippen LogP contribution in [0.1, 0.15) is 32.0 Å². The van der Waals surface area contributed by atoms with Crippen molar-refractivity contribution >= 4 is 5.91 Å². The summed E-state index contributed by atoms with van der Waals surface area (Å²) in [7, 11) is 1.72. The third-order valence-electron chi connectivity index (χ3n) is 2.41. The minimum atomic E-state index is -0.409. The lowest BCUT2D eigenvalue weighted by Crippen LogP contribution is -2.41. The summed E-state index contributed by atoms with van der Waals surface area (Å²) in [5.74, 6) is 0.614. The number of H-pyrrole nitrogens is 1. The van der Waals surface area contributed by atoms with E-state index in [-0.39, 0.29) is 5.91 Å². The zero-order valence-corrected chi connectivity index (χ0v) is 9.81. The summed E-state index contributed by atoms with van der Waals surface area (Å²) in [5, 5.41) is 6.43. The Balaban J connectivity index is 2.41. The predicted octanol–water partition coefficient (Wildman–Crippen LogP) is 0.281. The molecule has 3 N–H and O–H groups in total. The number of nitrogens with one attached hydrogen (secondary N) is 1. The fraction of sp³-hybridized carbons (Fsp3) is 0.700. The molecule has 0 fully saturated rings. The number of rotatable bonds is 6. The van der Waals surface area contributed by atoms with Crippen molar-refractivity contribution in [2.45, 2.75) is 38.8 Å². The van der Waals surface area contributed by atoms with E-state index < -0.39 is 6.04 Å². The molecule has 6 nitrogen and oxygen atoms in total. The third kappa shape index (κ3) is 3.62. The Labute approximate surface area is 95.2 Å². The summed E-state index contributed by atoms with van der Waals surface area (Å²) >= 11 is 0. The number of hydrogen-bond acceptors (Lipinski definition) is 4. The molecule has 0 bridgehead atoms. The van der Waals surface area contributed by atoms with Crippen LogP contribution in [0.5, 0.6) is 0 Å². The fourth-order valence-corrected chi connectivity index (χ4v) is 1.44. The highest BCUT2D eigenvalue weighted by Gasteiger charge is 2.18. The van der Waals surface area contributed by atoms with Gasteiger partial charge in [0.2, 0.25) is 5.91 Å². The maximum absolute atomic E-state index is 11.8. The number of nitrogens with zero attached hydrogens (tertiary/aromatic N) is 3. The third-order valence-corrected chi connectivity index (χ3v) is 2.41. The molecular formula is C10H19N5O. The van der Waals surface area contributed by atoms with Gasteiger partial charge in [0, 0.05) is 7.05 Å². The van der Waals surface area contributed by atoms with Crippen molar-refractivity contribution in [2.24, 2.45) is 5.73 Å². The second kappa shape index (κ2) is 6.22. The van der Waals surface area contributed by atoms with Crippen LogP contribution < -0.4 is 5.73 Å². The van der Waals surface area contributed by atoms with Crippen LogP contribution in [0.2, 0.25) is 0 Å². The van der Waals surface area contributed by atoms with Crippen molar-refractivity contribution in [1.29, 1.82) is 0 Å². The Morgan fingerprint density at radius 3 is 3.00 bits per heavy atom. The number of nitrogens with two attached hydrogens (primary N) is 1. The molecule has 0 unspecified atom stereocenters. The molecule has 1 amide bonds. The SMILES string of the molecule is CCCC[C@H](N)C(=O)N(C)Cc1ncn[nH]1. The van der Waals surface area contributed by atoms with Crippen LogP contribution in [-0.4, -0.2) is 39.1 Å². The number of unbranched alkanes of at least 4 members (excludes halogenated alkanes) is 1. The molecule has 0 aromatic carbocycles. The highest BCUT2D eigenvalue weighted by Crippen LogP contribution is 2.03. The smallest absolute Gasteiger partial charge is 0.239 e. The van der Waals surface area contributed by atoms with Gasteiger partial charge in [-0.3, -0.25) is 9.89 Å². The Morgan fingerprint density at radius 1 is 1.69 bits per heavy atom. The molecule has 16 heavy (non-hydrogen) atoms. The first-order valence-electron chi connectivity index (χ1n) is 5.50. The molecule has 0 aliphatic heterocycles. The molecule has 1 aromatic rings. The summed E-state index contributed by atoms with van der Waals surface area (Å²) in [6, 6.07) is -0.409. The van der Waals surface area contributed by atoms with Crippen molar-refractivity contribution in [2.75, 3.05) is 7.05 Å². The van der Waals surface area contributed by atoms with Crippen molar-refractivity contribution in [3.8, 4) is 0 Å². The maximum Gasteiger partial charge on any atom is 0.239 e. The Hall–Kier alpha value is -1.43. The number of carbonyl (C=O) groups excluding carboxylic acids is 1. The van der Waals surface area contributed by atoms with E-state index in [1.807, 2.05) is 0 Å². The van der Waals surface area contributed by atoms with E-state index in [0.717, 1.165) is 19.3 Å². The molecule has 0 aliphatic carbocycles. The van der Waals surface area contributed by atoms with Gasteiger partial charge in [0.05, 0.1) is 12.6 Å². The second-order valence-electron chi connectivity index (χ2n) is 3.88. The van der Waals surface area contributed by atoms with Crippen LogP contribution in [0.4, 0.5) is 0 Å². The number of carbonyl (C=O) groups is 1. The summed E-state index contributed by atoms with van der Waals surface area (Å²) in [6.45, 7) is 2.49. The van der Waals surface area contributed by atoms with E-state index in [1.54, 1.807) is 11.9 Å². The average Bonchev–Trinajstić information content (AvgIpc) is 2.77. The monoisotopic (exact) mass is 225 g/mol. The first-order valence-corrected chi connectivity index (χ1v) is 5.50. The average molecular weight is 225 g/mol. The van der Waals surface area contributed by atoms with Crippen LogP contribution in [-0.2, 0) is 11.3 Å². The number of hydrogen-bond donors (Lipinski definition) is 2. The van der Waals surface area contributed by atoms with E-state index in [1.165, 1.54) is 6.33 Å². The Morgan fingerprint density at radius 2 is 2.44 bits per heavy atom. The Bertz CT molecular complexity index is 311. The molecule has 1 atom stereocenters. The van der Waals surface area contributed by atoms with Crippen molar-refractivity contribution in [3.63, 3.8) is 0 Å². The largest absolute Gasteiger partial charge is 0.337 e. The van der Waals surface area contributed by atoms with E-state index in [9.17, 15) is 4.79 Å². The van der Waals surface area contributed by atoms with Gasteiger partial charge in [0.25, 0.3) is 0 Å².